The molecule has 0 amide bonds. The molecular formula is C8H6OS2. The summed E-state index contributed by atoms with van der Waals surface area (Å²) in [5, 5.41) is 0. The van der Waals surface area contributed by atoms with Crippen molar-refractivity contribution in [2.75, 3.05) is 0 Å². The fourth-order valence-electron chi connectivity index (χ4n) is 0.629. The van der Waals surface area contributed by atoms with Gasteiger partial charge in [0.25, 0.3) is 0 Å². The Balaban J connectivity index is 2.65. The van der Waals surface area contributed by atoms with Gasteiger partial charge in [-0.15, -0.1) is 0 Å². The molecule has 0 saturated heterocycles. The molecule has 0 saturated carbocycles. The minimum absolute atomic E-state index is 0.371. The van der Waals surface area contributed by atoms with E-state index in [1.807, 2.05) is 30.3 Å². The predicted octanol–water partition coefficient (Wildman–Crippen LogP) is 2.30. The molecule has 0 unspecified atom stereocenters. The van der Waals surface area contributed by atoms with Gasteiger partial charge >= 0.3 is 0 Å². The average Bonchev–Trinajstić information content (AvgIpc) is 2.06. The van der Waals surface area contributed by atoms with Gasteiger partial charge in [0.15, 0.2) is 6.29 Å². The molecule has 0 spiro atoms. The zero-order valence-electron chi connectivity index (χ0n) is 5.69. The lowest BCUT2D eigenvalue weighted by atomic mass is 10.4. The quantitative estimate of drug-likeness (QED) is 0.397. The minimum atomic E-state index is 0.371. The van der Waals surface area contributed by atoms with E-state index in [4.69, 9.17) is 12.2 Å². The Hall–Kier alpha value is -0.670. The van der Waals surface area contributed by atoms with Crippen LogP contribution in [0.4, 0.5) is 0 Å². The van der Waals surface area contributed by atoms with Crippen LogP contribution >= 0.6 is 24.0 Å². The highest BCUT2D eigenvalue weighted by atomic mass is 32.2. The molecule has 0 bridgehead atoms. The molecule has 11 heavy (non-hydrogen) atoms. The van der Waals surface area contributed by atoms with Crippen molar-refractivity contribution in [3.8, 4) is 0 Å². The van der Waals surface area contributed by atoms with Crippen molar-refractivity contribution in [3.63, 3.8) is 0 Å². The number of hydrogen-bond donors (Lipinski definition) is 0. The normalized spacial score (nSPS) is 9.09. The summed E-state index contributed by atoms with van der Waals surface area (Å²) in [4.78, 5) is 11.2. The number of thiocarbonyl (C=S) groups is 1. The van der Waals surface area contributed by atoms with Crippen molar-refractivity contribution >= 4 is 34.5 Å². The molecule has 1 rings (SSSR count). The maximum absolute atomic E-state index is 10.1. The summed E-state index contributed by atoms with van der Waals surface area (Å²) in [6, 6.07) is 9.58. The second-order valence-electron chi connectivity index (χ2n) is 1.85. The van der Waals surface area contributed by atoms with Gasteiger partial charge in [-0.1, -0.05) is 42.2 Å². The lowest BCUT2D eigenvalue weighted by Gasteiger charge is -1.94. The van der Waals surface area contributed by atoms with Crippen LogP contribution in [-0.2, 0) is 4.79 Å². The van der Waals surface area contributed by atoms with E-state index < -0.39 is 0 Å². The Labute approximate surface area is 74.8 Å². The number of benzene rings is 1. The van der Waals surface area contributed by atoms with Gasteiger partial charge < -0.3 is 0 Å². The van der Waals surface area contributed by atoms with E-state index in [2.05, 4.69) is 0 Å². The molecule has 0 N–H and O–H groups in total. The van der Waals surface area contributed by atoms with E-state index in [1.54, 1.807) is 0 Å². The summed E-state index contributed by atoms with van der Waals surface area (Å²) in [5.41, 5.74) is 0. The smallest absolute Gasteiger partial charge is 0.167 e. The number of thioether (sulfide) groups is 1. The van der Waals surface area contributed by atoms with E-state index in [0.717, 1.165) is 4.90 Å². The van der Waals surface area contributed by atoms with Crippen molar-refractivity contribution in [2.45, 2.75) is 4.90 Å². The highest BCUT2D eigenvalue weighted by Gasteiger charge is 1.95. The van der Waals surface area contributed by atoms with Gasteiger partial charge in [-0.25, -0.2) is 0 Å². The largest absolute Gasteiger partial charge is 0.296 e. The molecule has 3 heteroatoms. The van der Waals surface area contributed by atoms with Gasteiger partial charge in [-0.2, -0.15) is 0 Å². The zero-order valence-corrected chi connectivity index (χ0v) is 7.32. The molecule has 0 heterocycles. The first-order chi connectivity index (χ1) is 5.33. The Morgan fingerprint density at radius 3 is 2.55 bits per heavy atom. The summed E-state index contributed by atoms with van der Waals surface area (Å²) in [6.45, 7) is 0. The second-order valence-corrected chi connectivity index (χ2v) is 3.67. The molecule has 0 aromatic heterocycles. The van der Waals surface area contributed by atoms with Crippen LogP contribution in [0.5, 0.6) is 0 Å². The molecule has 0 radical (unpaired) electrons. The van der Waals surface area contributed by atoms with Gasteiger partial charge in [-0.05, 0) is 12.1 Å². The first-order valence-electron chi connectivity index (χ1n) is 3.05. The number of hydrogen-bond acceptors (Lipinski definition) is 3. The van der Waals surface area contributed by atoms with Gasteiger partial charge in [0.2, 0.25) is 0 Å². The number of carbonyl (C=O) groups excluding carboxylic acids is 1. The molecule has 1 nitrogen and oxygen atoms in total. The molecule has 0 atom stereocenters. The fourth-order valence-corrected chi connectivity index (χ4v) is 1.49. The summed E-state index contributed by atoms with van der Waals surface area (Å²) in [7, 11) is 0. The summed E-state index contributed by atoms with van der Waals surface area (Å²) in [5.74, 6) is 0. The SMILES string of the molecule is O=CC(=S)Sc1ccccc1. The third-order valence-corrected chi connectivity index (χ3v) is 2.21. The average molecular weight is 182 g/mol. The van der Waals surface area contributed by atoms with Crippen molar-refractivity contribution < 1.29 is 4.79 Å². The number of aldehydes is 1. The van der Waals surface area contributed by atoms with Crippen LogP contribution in [0.15, 0.2) is 35.2 Å². The number of carbonyl (C=O) groups is 1. The summed E-state index contributed by atoms with van der Waals surface area (Å²) in [6.07, 6.45) is 0.688. The molecule has 1 aromatic rings. The fraction of sp³-hybridized carbons (Fsp3) is 0. The highest BCUT2D eigenvalue weighted by molar-refractivity contribution is 8.25. The van der Waals surface area contributed by atoms with Gasteiger partial charge in [-0.3, -0.25) is 4.79 Å². The molecule has 0 fully saturated rings. The second kappa shape index (κ2) is 4.26. The van der Waals surface area contributed by atoms with Crippen LogP contribution in [0.1, 0.15) is 0 Å². The monoisotopic (exact) mass is 182 g/mol. The van der Waals surface area contributed by atoms with Crippen LogP contribution < -0.4 is 0 Å². The minimum Gasteiger partial charge on any atom is -0.296 e. The molecule has 56 valence electrons. The van der Waals surface area contributed by atoms with Gasteiger partial charge in [0.1, 0.15) is 4.20 Å². The predicted molar refractivity (Wildman–Crippen MR) is 51.0 cm³/mol. The summed E-state index contributed by atoms with van der Waals surface area (Å²) < 4.78 is 0.371. The Morgan fingerprint density at radius 2 is 2.00 bits per heavy atom. The molecule has 1 aromatic carbocycles. The van der Waals surface area contributed by atoms with Gasteiger partial charge in [0.05, 0.1) is 0 Å². The van der Waals surface area contributed by atoms with Gasteiger partial charge in [0, 0.05) is 4.90 Å². The first-order valence-corrected chi connectivity index (χ1v) is 4.27. The topological polar surface area (TPSA) is 17.1 Å². The lowest BCUT2D eigenvalue weighted by Crippen LogP contribution is -1.86. The first kappa shape index (κ1) is 8.43. The molecule has 0 aliphatic carbocycles. The molecular weight excluding hydrogens is 176 g/mol. The Kier molecular flexibility index (Phi) is 3.26. The Bertz CT molecular complexity index is 256. The third-order valence-electron chi connectivity index (χ3n) is 1.06. The van der Waals surface area contributed by atoms with E-state index in [1.165, 1.54) is 11.8 Å². The third kappa shape index (κ3) is 2.82. The summed E-state index contributed by atoms with van der Waals surface area (Å²) >= 11 is 6.04. The van der Waals surface area contributed by atoms with E-state index in [-0.39, 0.29) is 0 Å². The van der Waals surface area contributed by atoms with Crippen LogP contribution in [0, 0.1) is 0 Å². The van der Waals surface area contributed by atoms with Crippen LogP contribution in [0.25, 0.3) is 0 Å². The standard InChI is InChI=1S/C8H6OS2/c9-6-8(10)11-7-4-2-1-3-5-7/h1-6H. The Morgan fingerprint density at radius 1 is 1.36 bits per heavy atom. The zero-order chi connectivity index (χ0) is 8.10. The molecule has 0 aliphatic heterocycles. The van der Waals surface area contributed by atoms with Crippen molar-refractivity contribution in [3.05, 3.63) is 30.3 Å². The lowest BCUT2D eigenvalue weighted by molar-refractivity contribution is -0.102. The van der Waals surface area contributed by atoms with E-state index in [9.17, 15) is 4.79 Å². The van der Waals surface area contributed by atoms with E-state index in [0.29, 0.717) is 10.5 Å². The molecule has 0 aliphatic rings. The maximum Gasteiger partial charge on any atom is 0.167 e. The van der Waals surface area contributed by atoms with E-state index >= 15 is 0 Å². The van der Waals surface area contributed by atoms with Crippen molar-refractivity contribution in [2.24, 2.45) is 0 Å². The van der Waals surface area contributed by atoms with Crippen molar-refractivity contribution in [1.82, 2.24) is 0 Å². The van der Waals surface area contributed by atoms with Crippen LogP contribution in [0.3, 0.4) is 0 Å². The highest BCUT2D eigenvalue weighted by Crippen LogP contribution is 2.17. The maximum atomic E-state index is 10.1. The van der Waals surface area contributed by atoms with Crippen LogP contribution in [-0.4, -0.2) is 10.5 Å². The number of rotatable bonds is 2. The van der Waals surface area contributed by atoms with Crippen molar-refractivity contribution in [1.29, 1.82) is 0 Å². The van der Waals surface area contributed by atoms with Crippen LogP contribution in [0.2, 0.25) is 0 Å².